The van der Waals surface area contributed by atoms with E-state index in [1.807, 2.05) is 35.9 Å². The minimum absolute atomic E-state index is 0.176. The van der Waals surface area contributed by atoms with Crippen molar-refractivity contribution in [2.24, 2.45) is 0 Å². The SMILES string of the molecule is CSc1ccc(CCNC(=O)c2oc3c(c2C)-c2nn(Cc4ccccc4Cl)cc2CC3)cc1. The number of aromatic nitrogens is 2. The Morgan fingerprint density at radius 3 is 2.74 bits per heavy atom. The number of amides is 1. The Balaban J connectivity index is 1.31. The second kappa shape index (κ2) is 9.72. The smallest absolute Gasteiger partial charge is 0.287 e. The Kier molecular flexibility index (Phi) is 6.53. The molecule has 4 aromatic rings. The van der Waals surface area contributed by atoms with Crippen molar-refractivity contribution in [1.29, 1.82) is 0 Å². The van der Waals surface area contributed by atoms with Crippen molar-refractivity contribution in [1.82, 2.24) is 15.1 Å². The van der Waals surface area contributed by atoms with Gasteiger partial charge in [-0.1, -0.05) is 41.9 Å². The van der Waals surface area contributed by atoms with Crippen LogP contribution < -0.4 is 5.32 Å². The molecule has 174 valence electrons. The Labute approximate surface area is 208 Å². The summed E-state index contributed by atoms with van der Waals surface area (Å²) in [7, 11) is 0. The molecule has 5 nitrogen and oxygen atoms in total. The molecule has 1 aliphatic rings. The molecule has 7 heteroatoms. The monoisotopic (exact) mass is 491 g/mol. The first kappa shape index (κ1) is 22.8. The van der Waals surface area contributed by atoms with E-state index in [9.17, 15) is 4.79 Å². The zero-order valence-corrected chi connectivity index (χ0v) is 20.8. The average molecular weight is 492 g/mol. The standard InChI is InChI=1S/C27H26ClN3O2S/c1-17-24-23(33-26(17)27(32)29-14-13-18-7-10-21(34-2)11-8-18)12-9-20-16-31(30-25(20)24)15-19-5-3-4-6-22(19)28/h3-8,10-11,16H,9,12-15H2,1-2H3,(H,29,32). The van der Waals surface area contributed by atoms with E-state index in [1.54, 1.807) is 11.8 Å². The third-order valence-corrected chi connectivity index (χ3v) is 7.38. The Hall–Kier alpha value is -2.96. The summed E-state index contributed by atoms with van der Waals surface area (Å²) in [6.07, 6.45) is 6.51. The van der Waals surface area contributed by atoms with Gasteiger partial charge in [0, 0.05) is 40.2 Å². The highest BCUT2D eigenvalue weighted by Crippen LogP contribution is 2.38. The van der Waals surface area contributed by atoms with Crippen LogP contribution in [-0.4, -0.2) is 28.5 Å². The molecule has 0 aliphatic heterocycles. The van der Waals surface area contributed by atoms with Crippen LogP contribution in [-0.2, 0) is 25.8 Å². The lowest BCUT2D eigenvalue weighted by Crippen LogP contribution is -2.25. The van der Waals surface area contributed by atoms with E-state index in [0.29, 0.717) is 18.8 Å². The van der Waals surface area contributed by atoms with Gasteiger partial charge in [0.2, 0.25) is 0 Å². The highest BCUT2D eigenvalue weighted by Gasteiger charge is 2.29. The predicted octanol–water partition coefficient (Wildman–Crippen LogP) is 5.95. The highest BCUT2D eigenvalue weighted by atomic mass is 35.5. The molecule has 0 fully saturated rings. The third kappa shape index (κ3) is 4.52. The zero-order valence-electron chi connectivity index (χ0n) is 19.2. The first-order valence-corrected chi connectivity index (χ1v) is 13.0. The highest BCUT2D eigenvalue weighted by molar-refractivity contribution is 7.98. The second-order valence-electron chi connectivity index (χ2n) is 8.50. The molecule has 1 aliphatic carbocycles. The van der Waals surface area contributed by atoms with Crippen LogP contribution in [0.1, 0.15) is 38.6 Å². The van der Waals surface area contributed by atoms with Crippen molar-refractivity contribution in [3.63, 3.8) is 0 Å². The van der Waals surface area contributed by atoms with Gasteiger partial charge < -0.3 is 9.73 Å². The lowest BCUT2D eigenvalue weighted by molar-refractivity contribution is 0.0924. The number of hydrogen-bond donors (Lipinski definition) is 1. The summed E-state index contributed by atoms with van der Waals surface area (Å²) in [5.41, 5.74) is 6.10. The van der Waals surface area contributed by atoms with E-state index in [0.717, 1.165) is 52.4 Å². The summed E-state index contributed by atoms with van der Waals surface area (Å²) in [6.45, 7) is 3.10. The minimum Gasteiger partial charge on any atom is -0.455 e. The molecule has 0 spiro atoms. The summed E-state index contributed by atoms with van der Waals surface area (Å²) in [6, 6.07) is 16.2. The quantitative estimate of drug-likeness (QED) is 0.325. The maximum atomic E-state index is 12.9. The van der Waals surface area contributed by atoms with Crippen LogP contribution in [0, 0.1) is 6.92 Å². The van der Waals surface area contributed by atoms with Crippen molar-refractivity contribution in [3.8, 4) is 11.3 Å². The van der Waals surface area contributed by atoms with E-state index in [1.165, 1.54) is 16.0 Å². The molecular formula is C27H26ClN3O2S. The topological polar surface area (TPSA) is 60.1 Å². The first-order chi connectivity index (χ1) is 16.5. The van der Waals surface area contributed by atoms with Gasteiger partial charge in [-0.2, -0.15) is 5.10 Å². The minimum atomic E-state index is -0.176. The van der Waals surface area contributed by atoms with E-state index in [4.69, 9.17) is 21.1 Å². The van der Waals surface area contributed by atoms with Crippen LogP contribution in [0.3, 0.4) is 0 Å². The molecule has 1 amide bonds. The van der Waals surface area contributed by atoms with E-state index >= 15 is 0 Å². The number of nitrogens with zero attached hydrogens (tertiary/aromatic N) is 2. The van der Waals surface area contributed by atoms with Gasteiger partial charge in [-0.25, -0.2) is 0 Å². The summed E-state index contributed by atoms with van der Waals surface area (Å²) >= 11 is 8.06. The molecule has 2 heterocycles. The van der Waals surface area contributed by atoms with Crippen LogP contribution in [0.4, 0.5) is 0 Å². The molecule has 2 aromatic heterocycles. The Morgan fingerprint density at radius 1 is 1.18 bits per heavy atom. The molecule has 0 saturated carbocycles. The summed E-state index contributed by atoms with van der Waals surface area (Å²) in [4.78, 5) is 14.2. The number of furan rings is 1. The van der Waals surface area contributed by atoms with Gasteiger partial charge in [-0.3, -0.25) is 9.48 Å². The van der Waals surface area contributed by atoms with Crippen LogP contribution >= 0.6 is 23.4 Å². The average Bonchev–Trinajstić information content (AvgIpc) is 3.41. The summed E-state index contributed by atoms with van der Waals surface area (Å²) < 4.78 is 7.98. The van der Waals surface area contributed by atoms with Gasteiger partial charge in [0.25, 0.3) is 5.91 Å². The number of nitrogens with one attached hydrogen (secondary N) is 1. The van der Waals surface area contributed by atoms with Gasteiger partial charge in [-0.05, 0) is 60.9 Å². The van der Waals surface area contributed by atoms with Gasteiger partial charge in [0.1, 0.15) is 5.76 Å². The van der Waals surface area contributed by atoms with Gasteiger partial charge >= 0.3 is 0 Å². The number of fused-ring (bicyclic) bond motifs is 3. The van der Waals surface area contributed by atoms with Crippen LogP contribution in [0.2, 0.25) is 5.02 Å². The van der Waals surface area contributed by atoms with Crippen LogP contribution in [0.5, 0.6) is 0 Å². The molecule has 0 atom stereocenters. The fourth-order valence-electron chi connectivity index (χ4n) is 4.46. The van der Waals surface area contributed by atoms with Crippen LogP contribution in [0.25, 0.3) is 11.3 Å². The lowest BCUT2D eigenvalue weighted by Gasteiger charge is -2.09. The molecule has 0 unspecified atom stereocenters. The fourth-order valence-corrected chi connectivity index (χ4v) is 5.06. The normalized spacial score (nSPS) is 12.3. The second-order valence-corrected chi connectivity index (χ2v) is 9.79. The summed E-state index contributed by atoms with van der Waals surface area (Å²) in [5, 5.41) is 8.59. The molecule has 0 saturated heterocycles. The number of rotatable bonds is 7. The largest absolute Gasteiger partial charge is 0.455 e. The molecule has 5 rings (SSSR count). The first-order valence-electron chi connectivity index (χ1n) is 11.4. The van der Waals surface area contributed by atoms with E-state index in [2.05, 4.69) is 42.0 Å². The predicted molar refractivity (Wildman–Crippen MR) is 137 cm³/mol. The Bertz CT molecular complexity index is 1340. The van der Waals surface area contributed by atoms with Gasteiger partial charge in [0.05, 0.1) is 12.2 Å². The number of thioether (sulfide) groups is 1. The van der Waals surface area contributed by atoms with Crippen molar-refractivity contribution >= 4 is 29.3 Å². The van der Waals surface area contributed by atoms with E-state index in [-0.39, 0.29) is 5.91 Å². The van der Waals surface area contributed by atoms with Gasteiger partial charge in [0.15, 0.2) is 5.76 Å². The van der Waals surface area contributed by atoms with Crippen LogP contribution in [0.15, 0.2) is 64.0 Å². The number of hydrogen-bond acceptors (Lipinski definition) is 4. The molecule has 2 aromatic carbocycles. The van der Waals surface area contributed by atoms with Gasteiger partial charge in [-0.15, -0.1) is 11.8 Å². The lowest BCUT2D eigenvalue weighted by atomic mass is 9.93. The third-order valence-electron chi connectivity index (χ3n) is 6.27. The molecular weight excluding hydrogens is 466 g/mol. The fraction of sp³-hybridized carbons (Fsp3) is 0.259. The van der Waals surface area contributed by atoms with Crippen molar-refractivity contribution in [3.05, 3.63) is 93.5 Å². The molecule has 0 bridgehead atoms. The molecule has 34 heavy (non-hydrogen) atoms. The number of carbonyl (C=O) groups excluding carboxylic acids is 1. The number of aryl methyl sites for hydroxylation is 2. The number of carbonyl (C=O) groups is 1. The van der Waals surface area contributed by atoms with Crippen molar-refractivity contribution in [2.45, 2.75) is 37.6 Å². The molecule has 1 N–H and O–H groups in total. The number of benzene rings is 2. The summed E-state index contributed by atoms with van der Waals surface area (Å²) in [5.74, 6) is 1.05. The Morgan fingerprint density at radius 2 is 1.97 bits per heavy atom. The van der Waals surface area contributed by atoms with Crippen molar-refractivity contribution in [2.75, 3.05) is 12.8 Å². The maximum Gasteiger partial charge on any atom is 0.287 e. The number of halogens is 1. The van der Waals surface area contributed by atoms with E-state index < -0.39 is 0 Å². The zero-order chi connectivity index (χ0) is 23.7. The van der Waals surface area contributed by atoms with Crippen molar-refractivity contribution < 1.29 is 9.21 Å². The molecule has 0 radical (unpaired) electrons. The maximum absolute atomic E-state index is 12.9.